The highest BCUT2D eigenvalue weighted by atomic mass is 35.5. The van der Waals surface area contributed by atoms with Crippen molar-refractivity contribution in [2.45, 2.75) is 26.9 Å². The molecule has 0 saturated heterocycles. The van der Waals surface area contributed by atoms with Crippen molar-refractivity contribution in [2.24, 2.45) is 5.73 Å². The van der Waals surface area contributed by atoms with Crippen molar-refractivity contribution in [1.82, 2.24) is 0 Å². The van der Waals surface area contributed by atoms with E-state index in [0.717, 1.165) is 16.7 Å². The van der Waals surface area contributed by atoms with E-state index in [1.54, 1.807) is 0 Å². The highest BCUT2D eigenvalue weighted by molar-refractivity contribution is 6.19. The molecule has 0 amide bonds. The van der Waals surface area contributed by atoms with E-state index in [1.165, 1.54) is 0 Å². The topological polar surface area (TPSA) is 46.2 Å². The smallest absolute Gasteiger partial charge is 0.0912 e. The molecule has 3 N–H and O–H groups in total. The summed E-state index contributed by atoms with van der Waals surface area (Å²) in [4.78, 5) is 0. The molecule has 0 spiro atoms. The van der Waals surface area contributed by atoms with Crippen LogP contribution < -0.4 is 5.73 Å². The zero-order chi connectivity index (χ0) is 16.7. The summed E-state index contributed by atoms with van der Waals surface area (Å²) in [6.07, 6.45) is 5.33. The number of rotatable bonds is 5. The maximum Gasteiger partial charge on any atom is 0.0912 e. The van der Waals surface area contributed by atoms with Crippen molar-refractivity contribution in [3.05, 3.63) is 53.6 Å². The number of halogens is 2. The predicted octanol–water partition coefficient (Wildman–Crippen LogP) is 4.49. The molecule has 2 nitrogen and oxygen atoms in total. The molecule has 120 valence electrons. The van der Waals surface area contributed by atoms with E-state index in [0.29, 0.717) is 13.1 Å². The summed E-state index contributed by atoms with van der Waals surface area (Å²) in [5.74, 6) is 0.501. The van der Waals surface area contributed by atoms with E-state index in [1.807, 2.05) is 63.3 Å². The average molecular weight is 316 g/mol. The lowest BCUT2D eigenvalue weighted by Gasteiger charge is -2.09. The summed E-state index contributed by atoms with van der Waals surface area (Å²) in [5.41, 5.74) is 8.46. The Labute approximate surface area is 133 Å². The third kappa shape index (κ3) is 8.66. The van der Waals surface area contributed by atoms with Crippen molar-refractivity contribution >= 4 is 17.2 Å². The van der Waals surface area contributed by atoms with Crippen LogP contribution in [-0.4, -0.2) is 24.7 Å². The molecule has 1 rings (SSSR count). The van der Waals surface area contributed by atoms with Gasteiger partial charge in [-0.25, -0.2) is 0 Å². The van der Waals surface area contributed by atoms with Crippen LogP contribution in [0.2, 0.25) is 0 Å². The molecule has 4 heteroatoms. The molecule has 0 bridgehead atoms. The maximum atomic E-state index is 9.59. The van der Waals surface area contributed by atoms with Gasteiger partial charge >= 0.3 is 0 Å². The molecule has 0 fully saturated rings. The van der Waals surface area contributed by atoms with Crippen LogP contribution in [0.4, 0.5) is 4.39 Å². The van der Waals surface area contributed by atoms with E-state index in [-0.39, 0.29) is 6.54 Å². The zero-order valence-electron chi connectivity index (χ0n) is 13.3. The minimum atomic E-state index is -0.587. The Morgan fingerprint density at radius 1 is 1.29 bits per heavy atom. The van der Waals surface area contributed by atoms with Gasteiger partial charge in [-0.2, -0.15) is 0 Å². The molecular formula is C17H27ClFNO. The molecule has 1 unspecified atom stereocenters. The lowest BCUT2D eigenvalue weighted by Crippen LogP contribution is -2.11. The van der Waals surface area contributed by atoms with Crippen molar-refractivity contribution in [2.75, 3.05) is 19.6 Å². The molecule has 1 atom stereocenters. The van der Waals surface area contributed by atoms with Gasteiger partial charge in [0.15, 0.2) is 0 Å². The van der Waals surface area contributed by atoms with Gasteiger partial charge in [0.2, 0.25) is 0 Å². The predicted molar refractivity (Wildman–Crippen MR) is 92.3 cm³/mol. The van der Waals surface area contributed by atoms with Crippen LogP contribution in [0.1, 0.15) is 38.0 Å². The Bertz CT molecular complexity index is 402. The van der Waals surface area contributed by atoms with E-state index >= 15 is 0 Å². The lowest BCUT2D eigenvalue weighted by molar-refractivity contribution is 0.187. The Morgan fingerprint density at radius 2 is 1.81 bits per heavy atom. The molecule has 0 heterocycles. The first-order valence-corrected chi connectivity index (χ1v) is 7.51. The third-order valence-corrected chi connectivity index (χ3v) is 2.73. The molecule has 0 aliphatic rings. The first kappa shape index (κ1) is 22.1. The van der Waals surface area contributed by atoms with Crippen molar-refractivity contribution in [3.8, 4) is 0 Å². The highest BCUT2D eigenvalue weighted by Gasteiger charge is 2.04. The van der Waals surface area contributed by atoms with Crippen LogP contribution in [0.3, 0.4) is 0 Å². The zero-order valence-corrected chi connectivity index (χ0v) is 14.1. The van der Waals surface area contributed by atoms with Crippen LogP contribution >= 0.6 is 11.6 Å². The molecule has 0 aliphatic carbocycles. The van der Waals surface area contributed by atoms with Crippen LogP contribution in [0, 0.1) is 0 Å². The van der Waals surface area contributed by atoms with Crippen molar-refractivity contribution < 1.29 is 9.50 Å². The van der Waals surface area contributed by atoms with E-state index in [9.17, 15) is 9.50 Å². The van der Waals surface area contributed by atoms with Gasteiger partial charge in [-0.05, 0) is 23.6 Å². The van der Waals surface area contributed by atoms with Crippen LogP contribution in [-0.2, 0) is 0 Å². The first-order valence-electron chi connectivity index (χ1n) is 6.98. The molecule has 1 aromatic carbocycles. The fourth-order valence-electron chi connectivity index (χ4n) is 1.56. The Balaban J connectivity index is 0. The number of nitrogens with two attached hydrogens (primary N) is 1. The van der Waals surface area contributed by atoms with E-state index < -0.39 is 6.10 Å². The van der Waals surface area contributed by atoms with Gasteiger partial charge in [0, 0.05) is 12.4 Å². The highest BCUT2D eigenvalue weighted by Crippen LogP contribution is 2.19. The molecule has 0 saturated carbocycles. The van der Waals surface area contributed by atoms with Gasteiger partial charge in [-0.15, -0.1) is 11.6 Å². The Hall–Kier alpha value is -1.16. The SMILES string of the molecule is C/C=C(\C=C/CCl)c1ccc(C(O)CN)cc1.CC.CF. The first-order chi connectivity index (χ1) is 10.2. The standard InChI is InChI=1S/C14H18ClNO.C2H6.CH3F/c1-2-11(4-3-9-15)12-5-7-13(8-6-12)14(17)10-16;2*1-2/h2-8,14,17H,9-10,16H2,1H3;1-2H3;1H3/b4-3-,11-2+;;. The number of hydrogen-bond acceptors (Lipinski definition) is 2. The number of aliphatic hydroxyl groups is 1. The summed E-state index contributed by atoms with van der Waals surface area (Å²) in [5, 5.41) is 9.59. The van der Waals surface area contributed by atoms with E-state index in [2.05, 4.69) is 0 Å². The number of alkyl halides is 2. The normalized spacial score (nSPS) is 12.1. The Kier molecular flexibility index (Phi) is 16.1. The number of hydrogen-bond donors (Lipinski definition) is 2. The van der Waals surface area contributed by atoms with Gasteiger partial charge in [0.25, 0.3) is 0 Å². The molecular weight excluding hydrogens is 289 g/mol. The van der Waals surface area contributed by atoms with Crippen LogP contribution in [0.5, 0.6) is 0 Å². The maximum absolute atomic E-state index is 9.59. The second-order valence-electron chi connectivity index (χ2n) is 3.67. The molecule has 0 aliphatic heterocycles. The van der Waals surface area contributed by atoms with Crippen molar-refractivity contribution in [1.29, 1.82) is 0 Å². The molecule has 1 aromatic rings. The minimum Gasteiger partial charge on any atom is -0.387 e. The average Bonchev–Trinajstić information content (AvgIpc) is 2.59. The second kappa shape index (κ2) is 15.2. The van der Waals surface area contributed by atoms with Crippen LogP contribution in [0.25, 0.3) is 5.57 Å². The number of aliphatic hydroxyl groups excluding tert-OH is 1. The summed E-state index contributed by atoms with van der Waals surface area (Å²) in [6, 6.07) is 7.74. The molecule has 0 aromatic heterocycles. The second-order valence-corrected chi connectivity index (χ2v) is 3.98. The fourth-order valence-corrected chi connectivity index (χ4v) is 1.65. The number of benzene rings is 1. The van der Waals surface area contributed by atoms with Crippen molar-refractivity contribution in [3.63, 3.8) is 0 Å². The molecule has 0 radical (unpaired) electrons. The van der Waals surface area contributed by atoms with E-state index in [4.69, 9.17) is 17.3 Å². The monoisotopic (exact) mass is 315 g/mol. The van der Waals surface area contributed by atoms with Gasteiger partial charge in [-0.3, -0.25) is 4.39 Å². The largest absolute Gasteiger partial charge is 0.387 e. The number of allylic oxidation sites excluding steroid dienone is 4. The summed E-state index contributed by atoms with van der Waals surface area (Å²) in [7, 11) is 0.500. The fraction of sp³-hybridized carbons (Fsp3) is 0.412. The summed E-state index contributed by atoms with van der Waals surface area (Å²) < 4.78 is 9.50. The summed E-state index contributed by atoms with van der Waals surface area (Å²) in [6.45, 7) is 6.22. The third-order valence-electron chi connectivity index (χ3n) is 2.55. The van der Waals surface area contributed by atoms with Crippen LogP contribution in [0.15, 0.2) is 42.5 Å². The van der Waals surface area contributed by atoms with Gasteiger partial charge in [0.05, 0.1) is 13.3 Å². The van der Waals surface area contributed by atoms with Gasteiger partial charge in [0.1, 0.15) is 0 Å². The minimum absolute atomic E-state index is 0.238. The molecule has 21 heavy (non-hydrogen) atoms. The lowest BCUT2D eigenvalue weighted by atomic mass is 10.0. The Morgan fingerprint density at radius 3 is 2.19 bits per heavy atom. The summed E-state index contributed by atoms with van der Waals surface area (Å²) >= 11 is 5.61. The quantitative estimate of drug-likeness (QED) is 0.621. The van der Waals surface area contributed by atoms with Gasteiger partial charge in [-0.1, -0.05) is 56.3 Å². The van der Waals surface area contributed by atoms with Gasteiger partial charge < -0.3 is 10.8 Å².